The lowest BCUT2D eigenvalue weighted by Crippen LogP contribution is -2.12. The fourth-order valence-electron chi connectivity index (χ4n) is 1.23. The van der Waals surface area contributed by atoms with Crippen molar-refractivity contribution < 1.29 is 22.3 Å². The smallest absolute Gasteiger partial charge is 0.265 e. The van der Waals surface area contributed by atoms with Crippen LogP contribution in [-0.2, 0) is 13.8 Å². The first kappa shape index (κ1) is 15.2. The molecule has 0 aliphatic heterocycles. The number of hydrogen-bond donors (Lipinski definition) is 0. The van der Waals surface area contributed by atoms with Gasteiger partial charge in [-0.2, -0.15) is 0 Å². The van der Waals surface area contributed by atoms with Crippen molar-refractivity contribution >= 4 is 19.7 Å². The summed E-state index contributed by atoms with van der Waals surface area (Å²) in [6.45, 7) is 4.19. The van der Waals surface area contributed by atoms with Crippen molar-refractivity contribution in [1.82, 2.24) is 0 Å². The lowest BCUT2D eigenvalue weighted by atomic mass is 10.3. The van der Waals surface area contributed by atoms with Gasteiger partial charge in [0.05, 0.1) is 12.7 Å². The molecule has 0 fully saturated rings. The zero-order chi connectivity index (χ0) is 13.8. The Morgan fingerprint density at radius 3 is 2.56 bits per heavy atom. The van der Waals surface area contributed by atoms with Crippen molar-refractivity contribution in [3.8, 4) is 5.75 Å². The molecule has 1 aromatic carbocycles. The zero-order valence-corrected chi connectivity index (χ0v) is 11.6. The van der Waals surface area contributed by atoms with Gasteiger partial charge < -0.3 is 9.47 Å². The standard InChI is InChI=1S/C11H14ClFO4S/c1-8(2)16-5-6-17-10-4-3-9(13)7-11(10)18(12,14)15/h3-4,7-8H,5-6H2,1-2H3. The zero-order valence-electron chi connectivity index (χ0n) is 10.0. The Morgan fingerprint density at radius 2 is 2.00 bits per heavy atom. The van der Waals surface area contributed by atoms with Crippen LogP contribution in [0.5, 0.6) is 5.75 Å². The molecule has 0 heterocycles. The lowest BCUT2D eigenvalue weighted by molar-refractivity contribution is 0.0546. The van der Waals surface area contributed by atoms with Crippen LogP contribution in [0.25, 0.3) is 0 Å². The molecule has 0 atom stereocenters. The number of benzene rings is 1. The summed E-state index contributed by atoms with van der Waals surface area (Å²) in [5.41, 5.74) is 0. The second kappa shape index (κ2) is 6.36. The largest absolute Gasteiger partial charge is 0.490 e. The van der Waals surface area contributed by atoms with Crippen LogP contribution in [0.1, 0.15) is 13.8 Å². The molecular formula is C11H14ClFO4S. The number of ether oxygens (including phenoxy) is 2. The molecule has 0 saturated carbocycles. The highest BCUT2D eigenvalue weighted by Crippen LogP contribution is 2.27. The van der Waals surface area contributed by atoms with Gasteiger partial charge in [0.25, 0.3) is 9.05 Å². The van der Waals surface area contributed by atoms with Gasteiger partial charge in [-0.1, -0.05) is 0 Å². The first-order chi connectivity index (χ1) is 8.30. The Balaban J connectivity index is 2.77. The highest BCUT2D eigenvalue weighted by molar-refractivity contribution is 8.13. The molecule has 102 valence electrons. The first-order valence-electron chi connectivity index (χ1n) is 5.29. The van der Waals surface area contributed by atoms with E-state index in [4.69, 9.17) is 20.2 Å². The van der Waals surface area contributed by atoms with Gasteiger partial charge in [-0.05, 0) is 32.0 Å². The van der Waals surface area contributed by atoms with E-state index >= 15 is 0 Å². The van der Waals surface area contributed by atoms with E-state index < -0.39 is 14.9 Å². The Labute approximate surface area is 110 Å². The maximum absolute atomic E-state index is 13.0. The van der Waals surface area contributed by atoms with Crippen molar-refractivity contribution in [1.29, 1.82) is 0 Å². The topological polar surface area (TPSA) is 52.6 Å². The fraction of sp³-hybridized carbons (Fsp3) is 0.455. The van der Waals surface area contributed by atoms with Crippen molar-refractivity contribution in [2.24, 2.45) is 0 Å². The van der Waals surface area contributed by atoms with Crippen LogP contribution in [0, 0.1) is 5.82 Å². The molecule has 0 saturated heterocycles. The van der Waals surface area contributed by atoms with Crippen molar-refractivity contribution in [2.45, 2.75) is 24.8 Å². The lowest BCUT2D eigenvalue weighted by Gasteiger charge is -2.11. The SMILES string of the molecule is CC(C)OCCOc1ccc(F)cc1S(=O)(=O)Cl. The van der Waals surface area contributed by atoms with Gasteiger partial charge in [-0.25, -0.2) is 12.8 Å². The minimum atomic E-state index is -4.04. The summed E-state index contributed by atoms with van der Waals surface area (Å²) in [6, 6.07) is 3.14. The molecule has 0 radical (unpaired) electrons. The quantitative estimate of drug-likeness (QED) is 0.598. The average molecular weight is 297 g/mol. The fourth-order valence-corrected chi connectivity index (χ4v) is 2.21. The van der Waals surface area contributed by atoms with Crippen molar-refractivity contribution in [3.63, 3.8) is 0 Å². The summed E-state index contributed by atoms with van der Waals surface area (Å²) in [5, 5.41) is 0. The number of rotatable bonds is 6. The van der Waals surface area contributed by atoms with E-state index in [1.165, 1.54) is 6.07 Å². The van der Waals surface area contributed by atoms with E-state index in [2.05, 4.69) is 0 Å². The molecule has 0 unspecified atom stereocenters. The third-order valence-electron chi connectivity index (χ3n) is 1.96. The number of hydrogen-bond acceptors (Lipinski definition) is 4. The first-order valence-corrected chi connectivity index (χ1v) is 7.60. The summed E-state index contributed by atoms with van der Waals surface area (Å²) in [4.78, 5) is -0.381. The molecule has 7 heteroatoms. The van der Waals surface area contributed by atoms with Crippen LogP contribution in [-0.4, -0.2) is 27.7 Å². The van der Waals surface area contributed by atoms with E-state index in [-0.39, 0.29) is 23.4 Å². The van der Waals surface area contributed by atoms with E-state index in [0.717, 1.165) is 12.1 Å². The summed E-state index contributed by atoms with van der Waals surface area (Å²) >= 11 is 0. The Bertz CT molecular complexity index is 502. The van der Waals surface area contributed by atoms with Gasteiger partial charge in [0.2, 0.25) is 0 Å². The van der Waals surface area contributed by atoms with Crippen molar-refractivity contribution in [3.05, 3.63) is 24.0 Å². The molecule has 0 amide bonds. The highest BCUT2D eigenvalue weighted by atomic mass is 35.7. The van der Waals surface area contributed by atoms with Crippen LogP contribution < -0.4 is 4.74 Å². The Morgan fingerprint density at radius 1 is 1.33 bits per heavy atom. The molecule has 18 heavy (non-hydrogen) atoms. The predicted molar refractivity (Wildman–Crippen MR) is 66.0 cm³/mol. The molecule has 0 N–H and O–H groups in total. The second-order valence-electron chi connectivity index (χ2n) is 3.80. The molecule has 1 rings (SSSR count). The molecule has 0 bridgehead atoms. The summed E-state index contributed by atoms with van der Waals surface area (Å²) in [7, 11) is 1.15. The summed E-state index contributed by atoms with van der Waals surface area (Å²) in [5.74, 6) is -0.682. The maximum Gasteiger partial charge on any atom is 0.265 e. The average Bonchev–Trinajstić information content (AvgIpc) is 2.24. The van der Waals surface area contributed by atoms with E-state index in [1.807, 2.05) is 13.8 Å². The van der Waals surface area contributed by atoms with Crippen LogP contribution in [0.3, 0.4) is 0 Å². The van der Waals surface area contributed by atoms with Crippen LogP contribution in [0.2, 0.25) is 0 Å². The monoisotopic (exact) mass is 296 g/mol. The third kappa shape index (κ3) is 4.80. The molecule has 0 aliphatic rings. The summed E-state index contributed by atoms with van der Waals surface area (Å²) in [6.07, 6.45) is 0.0537. The van der Waals surface area contributed by atoms with E-state index in [9.17, 15) is 12.8 Å². The van der Waals surface area contributed by atoms with Gasteiger partial charge in [-0.3, -0.25) is 0 Å². The highest BCUT2D eigenvalue weighted by Gasteiger charge is 2.18. The Hall–Kier alpha value is -0.850. The number of halogens is 2. The van der Waals surface area contributed by atoms with Gasteiger partial charge in [0.15, 0.2) is 0 Å². The minimum absolute atomic E-state index is 0.0127. The molecule has 1 aromatic rings. The van der Waals surface area contributed by atoms with Crippen LogP contribution in [0.15, 0.2) is 23.1 Å². The summed E-state index contributed by atoms with van der Waals surface area (Å²) < 4.78 is 45.9. The van der Waals surface area contributed by atoms with Crippen LogP contribution in [0.4, 0.5) is 4.39 Å². The van der Waals surface area contributed by atoms with Gasteiger partial charge in [0.1, 0.15) is 23.1 Å². The Kier molecular flexibility index (Phi) is 5.37. The van der Waals surface area contributed by atoms with Gasteiger partial charge >= 0.3 is 0 Å². The molecular weight excluding hydrogens is 283 g/mol. The minimum Gasteiger partial charge on any atom is -0.490 e. The van der Waals surface area contributed by atoms with Gasteiger partial charge in [-0.15, -0.1) is 0 Å². The van der Waals surface area contributed by atoms with Gasteiger partial charge in [0, 0.05) is 10.7 Å². The normalized spacial score (nSPS) is 11.8. The van der Waals surface area contributed by atoms with E-state index in [1.54, 1.807) is 0 Å². The maximum atomic E-state index is 13.0. The molecule has 0 aromatic heterocycles. The third-order valence-corrected chi connectivity index (χ3v) is 3.30. The predicted octanol–water partition coefficient (Wildman–Crippen LogP) is 2.56. The van der Waals surface area contributed by atoms with Crippen molar-refractivity contribution in [2.75, 3.05) is 13.2 Å². The molecule has 0 aliphatic carbocycles. The second-order valence-corrected chi connectivity index (χ2v) is 6.33. The van der Waals surface area contributed by atoms with E-state index in [0.29, 0.717) is 6.61 Å². The van der Waals surface area contributed by atoms with Crippen LogP contribution >= 0.6 is 10.7 Å². The molecule has 0 spiro atoms. The molecule has 4 nitrogen and oxygen atoms in total.